The standard InChI is InChI=1S/C34H23N3O/c38-34-27-17-14-24(21-29(27)35-33-19-16-22-8-4-6-12-30(22)37(33)34)23-15-18-32-28(20-23)26-11-5-7-13-31(26)36(32)25-9-2-1-3-10-25/h1-3,5-7,9-21H,4,8H2. The molecule has 1 aliphatic carbocycles. The maximum Gasteiger partial charge on any atom is 0.266 e. The van der Waals surface area contributed by atoms with Crippen molar-refractivity contribution in [1.29, 1.82) is 0 Å². The molecule has 0 N–H and O–H groups in total. The van der Waals surface area contributed by atoms with Gasteiger partial charge >= 0.3 is 0 Å². The van der Waals surface area contributed by atoms with E-state index in [1.54, 1.807) is 4.40 Å². The SMILES string of the molecule is O=c1c2ccc(-c3ccc4c(c3)c3ccccc3n4-c3ccccc3)cc2nc2ccc3c(n12)C=CCC3. The molecule has 4 aromatic carbocycles. The average molecular weight is 490 g/mol. The van der Waals surface area contributed by atoms with Crippen molar-refractivity contribution >= 4 is 44.4 Å². The molecule has 8 rings (SSSR count). The van der Waals surface area contributed by atoms with Crippen LogP contribution in [0.3, 0.4) is 0 Å². The molecule has 0 unspecified atom stereocenters. The fourth-order valence-electron chi connectivity index (χ4n) is 5.97. The van der Waals surface area contributed by atoms with E-state index in [1.807, 2.05) is 30.3 Å². The van der Waals surface area contributed by atoms with Crippen molar-refractivity contribution in [2.75, 3.05) is 0 Å². The van der Waals surface area contributed by atoms with E-state index in [9.17, 15) is 4.79 Å². The van der Waals surface area contributed by atoms with Crippen LogP contribution in [-0.4, -0.2) is 14.0 Å². The lowest BCUT2D eigenvalue weighted by molar-refractivity contribution is 0.932. The molecule has 0 aliphatic heterocycles. The largest absolute Gasteiger partial charge is 0.309 e. The van der Waals surface area contributed by atoms with E-state index in [-0.39, 0.29) is 5.56 Å². The van der Waals surface area contributed by atoms with Gasteiger partial charge in [-0.25, -0.2) is 4.98 Å². The molecule has 4 heteroatoms. The van der Waals surface area contributed by atoms with Gasteiger partial charge in [-0.2, -0.15) is 0 Å². The second-order valence-corrected chi connectivity index (χ2v) is 9.95. The van der Waals surface area contributed by atoms with Crippen molar-refractivity contribution in [3.8, 4) is 16.8 Å². The summed E-state index contributed by atoms with van der Waals surface area (Å²) >= 11 is 0. The van der Waals surface area contributed by atoms with Gasteiger partial charge in [0.25, 0.3) is 5.56 Å². The number of aryl methyl sites for hydroxylation is 1. The van der Waals surface area contributed by atoms with Crippen molar-refractivity contribution in [2.45, 2.75) is 12.8 Å². The Morgan fingerprint density at radius 2 is 1.47 bits per heavy atom. The first-order valence-corrected chi connectivity index (χ1v) is 13.0. The lowest BCUT2D eigenvalue weighted by atomic mass is 10.0. The summed E-state index contributed by atoms with van der Waals surface area (Å²) < 4.78 is 4.08. The van der Waals surface area contributed by atoms with Crippen LogP contribution in [0.25, 0.3) is 61.2 Å². The van der Waals surface area contributed by atoms with E-state index in [1.165, 1.54) is 27.4 Å². The second-order valence-electron chi connectivity index (χ2n) is 9.95. The van der Waals surface area contributed by atoms with Gasteiger partial charge in [-0.3, -0.25) is 9.20 Å². The first-order chi connectivity index (χ1) is 18.8. The van der Waals surface area contributed by atoms with Crippen molar-refractivity contribution < 1.29 is 0 Å². The lowest BCUT2D eigenvalue weighted by Crippen LogP contribution is -2.19. The molecule has 0 fully saturated rings. The summed E-state index contributed by atoms with van der Waals surface area (Å²) in [4.78, 5) is 18.5. The molecular formula is C34H23N3O. The van der Waals surface area contributed by atoms with E-state index in [2.05, 4.69) is 89.5 Å². The topological polar surface area (TPSA) is 39.3 Å². The Bertz CT molecular complexity index is 2150. The number of benzene rings is 4. The van der Waals surface area contributed by atoms with Crippen LogP contribution in [0.4, 0.5) is 0 Å². The van der Waals surface area contributed by atoms with Crippen LogP contribution in [0, 0.1) is 0 Å². The van der Waals surface area contributed by atoms with Gasteiger partial charge in [0.05, 0.1) is 27.6 Å². The third kappa shape index (κ3) is 3.04. The van der Waals surface area contributed by atoms with Gasteiger partial charge < -0.3 is 4.57 Å². The van der Waals surface area contributed by atoms with Crippen LogP contribution in [0.5, 0.6) is 0 Å². The zero-order valence-electron chi connectivity index (χ0n) is 20.6. The number of para-hydroxylation sites is 2. The molecule has 3 aromatic heterocycles. The van der Waals surface area contributed by atoms with E-state index >= 15 is 0 Å². The molecule has 0 saturated heterocycles. The van der Waals surface area contributed by atoms with Crippen LogP contribution in [-0.2, 0) is 6.42 Å². The predicted molar refractivity (Wildman–Crippen MR) is 156 cm³/mol. The molecule has 4 nitrogen and oxygen atoms in total. The number of aromatic nitrogens is 3. The molecule has 0 saturated carbocycles. The highest BCUT2D eigenvalue weighted by atomic mass is 16.1. The zero-order chi connectivity index (χ0) is 25.2. The number of hydrogen-bond acceptors (Lipinski definition) is 2. The molecule has 1 aliphatic rings. The monoisotopic (exact) mass is 489 g/mol. The van der Waals surface area contributed by atoms with Crippen molar-refractivity contribution in [3.63, 3.8) is 0 Å². The lowest BCUT2D eigenvalue weighted by Gasteiger charge is -2.14. The number of nitrogens with zero attached hydrogens (tertiary/aromatic N) is 3. The molecule has 3 heterocycles. The van der Waals surface area contributed by atoms with Gasteiger partial charge in [0.15, 0.2) is 0 Å². The van der Waals surface area contributed by atoms with Gasteiger partial charge in [0.1, 0.15) is 5.65 Å². The van der Waals surface area contributed by atoms with Crippen LogP contribution in [0.2, 0.25) is 0 Å². The molecule has 38 heavy (non-hydrogen) atoms. The van der Waals surface area contributed by atoms with Gasteiger partial charge in [-0.15, -0.1) is 0 Å². The molecule has 7 aromatic rings. The summed E-state index contributed by atoms with van der Waals surface area (Å²) in [5, 5.41) is 3.06. The molecule has 0 atom stereocenters. The minimum atomic E-state index is -0.0127. The smallest absolute Gasteiger partial charge is 0.266 e. The Kier molecular flexibility index (Phi) is 4.47. The molecule has 0 radical (unpaired) electrons. The van der Waals surface area contributed by atoms with E-state index < -0.39 is 0 Å². The van der Waals surface area contributed by atoms with Gasteiger partial charge in [0, 0.05) is 16.5 Å². The highest BCUT2D eigenvalue weighted by molar-refractivity contribution is 6.10. The zero-order valence-corrected chi connectivity index (χ0v) is 20.6. The van der Waals surface area contributed by atoms with Crippen molar-refractivity contribution in [1.82, 2.24) is 14.0 Å². The summed E-state index contributed by atoms with van der Waals surface area (Å²) in [6, 6.07) is 35.7. The molecule has 0 amide bonds. The summed E-state index contributed by atoms with van der Waals surface area (Å²) in [5.41, 5.74) is 9.19. The Labute approximate surface area is 218 Å². The molecular weight excluding hydrogens is 466 g/mol. The van der Waals surface area contributed by atoms with Gasteiger partial charge in [0.2, 0.25) is 0 Å². The first kappa shape index (κ1) is 21.2. The Hall–Kier alpha value is -4.96. The van der Waals surface area contributed by atoms with Crippen LogP contribution < -0.4 is 5.56 Å². The quantitative estimate of drug-likeness (QED) is 0.235. The fraction of sp³-hybridized carbons (Fsp3) is 0.0588. The average Bonchev–Trinajstić information content (AvgIpc) is 3.31. The van der Waals surface area contributed by atoms with Crippen molar-refractivity contribution in [2.24, 2.45) is 0 Å². The summed E-state index contributed by atoms with van der Waals surface area (Å²) in [5.74, 6) is 0. The van der Waals surface area contributed by atoms with Crippen LogP contribution in [0.15, 0.2) is 114 Å². The fourth-order valence-corrected chi connectivity index (χ4v) is 5.97. The van der Waals surface area contributed by atoms with E-state index in [0.717, 1.165) is 40.9 Å². The number of fused-ring (bicyclic) bond motifs is 7. The highest BCUT2D eigenvalue weighted by Gasteiger charge is 2.15. The van der Waals surface area contributed by atoms with Crippen LogP contribution >= 0.6 is 0 Å². The Morgan fingerprint density at radius 3 is 2.39 bits per heavy atom. The minimum absolute atomic E-state index is 0.0127. The van der Waals surface area contributed by atoms with Crippen LogP contribution in [0.1, 0.15) is 17.7 Å². The van der Waals surface area contributed by atoms with Gasteiger partial charge in [-0.1, -0.05) is 60.7 Å². The maximum absolute atomic E-state index is 13.6. The number of pyridine rings is 1. The Balaban J connectivity index is 1.33. The van der Waals surface area contributed by atoms with E-state index in [0.29, 0.717) is 11.0 Å². The third-order valence-electron chi connectivity index (χ3n) is 7.78. The Morgan fingerprint density at radius 1 is 0.684 bits per heavy atom. The molecule has 0 spiro atoms. The number of allylic oxidation sites excluding steroid dienone is 1. The molecule has 180 valence electrons. The number of rotatable bonds is 2. The third-order valence-corrected chi connectivity index (χ3v) is 7.78. The summed E-state index contributed by atoms with van der Waals surface area (Å²) in [7, 11) is 0. The maximum atomic E-state index is 13.6. The highest BCUT2D eigenvalue weighted by Crippen LogP contribution is 2.35. The van der Waals surface area contributed by atoms with Gasteiger partial charge in [-0.05, 0) is 84.1 Å². The summed E-state index contributed by atoms with van der Waals surface area (Å²) in [6.07, 6.45) is 6.14. The van der Waals surface area contributed by atoms with E-state index in [4.69, 9.17) is 4.98 Å². The number of hydrogen-bond donors (Lipinski definition) is 0. The second kappa shape index (κ2) is 8.02. The summed E-state index contributed by atoms with van der Waals surface area (Å²) in [6.45, 7) is 0. The molecule has 0 bridgehead atoms. The first-order valence-electron chi connectivity index (χ1n) is 13.0. The minimum Gasteiger partial charge on any atom is -0.309 e. The predicted octanol–water partition coefficient (Wildman–Crippen LogP) is 7.57. The normalized spacial score (nSPS) is 13.1. The van der Waals surface area contributed by atoms with Crippen molar-refractivity contribution in [3.05, 3.63) is 131 Å².